The van der Waals surface area contributed by atoms with Crippen LogP contribution in [0, 0.1) is 0 Å². The summed E-state index contributed by atoms with van der Waals surface area (Å²) in [4.78, 5) is 20.7. The second-order valence-corrected chi connectivity index (χ2v) is 6.24. The van der Waals surface area contributed by atoms with Crippen LogP contribution >= 0.6 is 0 Å². The third-order valence-corrected chi connectivity index (χ3v) is 4.76. The van der Waals surface area contributed by atoms with Crippen LogP contribution in [0.1, 0.15) is 5.56 Å². The SMILES string of the molecule is COc1ccc(OC)c(CN2CCN(c3ncnc4nc[nH]c34)CC2)c1. The van der Waals surface area contributed by atoms with Gasteiger partial charge in [-0.3, -0.25) is 4.90 Å². The van der Waals surface area contributed by atoms with Gasteiger partial charge in [0.15, 0.2) is 11.5 Å². The van der Waals surface area contributed by atoms with Gasteiger partial charge in [-0.25, -0.2) is 15.0 Å². The Balaban J connectivity index is 1.45. The molecule has 3 heterocycles. The lowest BCUT2D eigenvalue weighted by atomic mass is 10.1. The Hall–Kier alpha value is -2.87. The van der Waals surface area contributed by atoms with Crippen molar-refractivity contribution in [3.05, 3.63) is 36.4 Å². The van der Waals surface area contributed by atoms with Crippen molar-refractivity contribution in [3.63, 3.8) is 0 Å². The number of aromatic nitrogens is 4. The molecule has 136 valence electrons. The number of piperazine rings is 1. The number of fused-ring (bicyclic) bond motifs is 1. The second-order valence-electron chi connectivity index (χ2n) is 6.24. The number of ether oxygens (including phenoxy) is 2. The lowest BCUT2D eigenvalue weighted by Gasteiger charge is -2.35. The summed E-state index contributed by atoms with van der Waals surface area (Å²) in [6.07, 6.45) is 3.24. The third kappa shape index (κ3) is 3.15. The number of nitrogens with one attached hydrogen (secondary N) is 1. The minimum absolute atomic E-state index is 0.707. The number of hydrogen-bond acceptors (Lipinski definition) is 7. The predicted molar refractivity (Wildman–Crippen MR) is 98.7 cm³/mol. The summed E-state index contributed by atoms with van der Waals surface area (Å²) < 4.78 is 10.8. The van der Waals surface area contributed by atoms with Crippen LogP contribution in [-0.4, -0.2) is 65.2 Å². The minimum Gasteiger partial charge on any atom is -0.497 e. The normalized spacial score (nSPS) is 15.4. The molecule has 4 rings (SSSR count). The standard InChI is InChI=1S/C18H22N6O2/c1-25-14-3-4-15(26-2)13(9-14)10-23-5-7-24(8-6-23)18-16-17(20-11-19-16)21-12-22-18/h3-4,9,11-12H,5-8,10H2,1-2H3,(H,19,20,21,22). The highest BCUT2D eigenvalue weighted by molar-refractivity contribution is 5.82. The molecule has 1 aliphatic rings. The molecular formula is C18H22N6O2. The summed E-state index contributed by atoms with van der Waals surface area (Å²) in [6, 6.07) is 5.93. The predicted octanol–water partition coefficient (Wildman–Crippen LogP) is 1.69. The van der Waals surface area contributed by atoms with Gasteiger partial charge >= 0.3 is 0 Å². The lowest BCUT2D eigenvalue weighted by Crippen LogP contribution is -2.46. The molecular weight excluding hydrogens is 332 g/mol. The van der Waals surface area contributed by atoms with Crippen LogP contribution in [0.15, 0.2) is 30.9 Å². The van der Waals surface area contributed by atoms with Crippen molar-refractivity contribution >= 4 is 17.0 Å². The molecule has 0 bridgehead atoms. The minimum atomic E-state index is 0.707. The summed E-state index contributed by atoms with van der Waals surface area (Å²) in [5, 5.41) is 0. The van der Waals surface area contributed by atoms with Gasteiger partial charge in [0.25, 0.3) is 0 Å². The first kappa shape index (κ1) is 16.6. The van der Waals surface area contributed by atoms with Crippen LogP contribution in [0.3, 0.4) is 0 Å². The van der Waals surface area contributed by atoms with Gasteiger partial charge < -0.3 is 19.4 Å². The van der Waals surface area contributed by atoms with Gasteiger partial charge in [-0.15, -0.1) is 0 Å². The van der Waals surface area contributed by atoms with E-state index in [0.717, 1.165) is 61.1 Å². The molecule has 1 saturated heterocycles. The monoisotopic (exact) mass is 354 g/mol. The number of methoxy groups -OCH3 is 2. The number of imidazole rings is 1. The Bertz CT molecular complexity index is 888. The Kier molecular flexibility index (Phi) is 4.57. The fraction of sp³-hybridized carbons (Fsp3) is 0.389. The second kappa shape index (κ2) is 7.17. The van der Waals surface area contributed by atoms with Gasteiger partial charge in [-0.2, -0.15) is 0 Å². The van der Waals surface area contributed by atoms with Crippen LogP contribution in [0.2, 0.25) is 0 Å². The van der Waals surface area contributed by atoms with E-state index in [1.807, 2.05) is 18.2 Å². The summed E-state index contributed by atoms with van der Waals surface area (Å²) >= 11 is 0. The van der Waals surface area contributed by atoms with Crippen molar-refractivity contribution in [2.45, 2.75) is 6.54 Å². The fourth-order valence-electron chi connectivity index (χ4n) is 3.36. The summed E-state index contributed by atoms with van der Waals surface area (Å²) in [6.45, 7) is 4.52. The van der Waals surface area contributed by atoms with Gasteiger partial charge in [0.2, 0.25) is 0 Å². The number of rotatable bonds is 5. The zero-order valence-electron chi connectivity index (χ0n) is 15.0. The van der Waals surface area contributed by atoms with Crippen LogP contribution in [-0.2, 0) is 6.54 Å². The largest absolute Gasteiger partial charge is 0.497 e. The molecule has 0 atom stereocenters. The zero-order chi connectivity index (χ0) is 17.9. The Morgan fingerprint density at radius 1 is 1.04 bits per heavy atom. The molecule has 8 heteroatoms. The first-order valence-corrected chi connectivity index (χ1v) is 8.61. The van der Waals surface area contributed by atoms with E-state index in [-0.39, 0.29) is 0 Å². The molecule has 8 nitrogen and oxygen atoms in total. The van der Waals surface area contributed by atoms with E-state index in [9.17, 15) is 0 Å². The van der Waals surface area contributed by atoms with Crippen molar-refractivity contribution < 1.29 is 9.47 Å². The molecule has 0 radical (unpaired) electrons. The van der Waals surface area contributed by atoms with Gasteiger partial charge in [0.1, 0.15) is 23.3 Å². The van der Waals surface area contributed by atoms with Crippen LogP contribution in [0.25, 0.3) is 11.2 Å². The first-order valence-electron chi connectivity index (χ1n) is 8.61. The van der Waals surface area contributed by atoms with Crippen molar-refractivity contribution in [1.29, 1.82) is 0 Å². The molecule has 26 heavy (non-hydrogen) atoms. The Labute approximate surface area is 151 Å². The first-order chi connectivity index (χ1) is 12.8. The molecule has 0 saturated carbocycles. The number of hydrogen-bond donors (Lipinski definition) is 1. The smallest absolute Gasteiger partial charge is 0.182 e. The van der Waals surface area contributed by atoms with Crippen LogP contribution in [0.4, 0.5) is 5.82 Å². The number of H-pyrrole nitrogens is 1. The van der Waals surface area contributed by atoms with E-state index in [2.05, 4.69) is 29.7 Å². The molecule has 1 N–H and O–H groups in total. The van der Waals surface area contributed by atoms with Crippen molar-refractivity contribution in [2.24, 2.45) is 0 Å². The van der Waals surface area contributed by atoms with Crippen LogP contribution in [0.5, 0.6) is 11.5 Å². The molecule has 0 amide bonds. The number of aromatic amines is 1. The maximum atomic E-state index is 5.50. The van der Waals surface area contributed by atoms with Gasteiger partial charge in [0.05, 0.1) is 20.5 Å². The number of nitrogens with zero attached hydrogens (tertiary/aromatic N) is 5. The maximum Gasteiger partial charge on any atom is 0.182 e. The van der Waals surface area contributed by atoms with Gasteiger partial charge in [-0.1, -0.05) is 0 Å². The zero-order valence-corrected chi connectivity index (χ0v) is 15.0. The maximum absolute atomic E-state index is 5.50. The van der Waals surface area contributed by atoms with Gasteiger partial charge in [0, 0.05) is 38.3 Å². The number of anilines is 1. The topological polar surface area (TPSA) is 79.4 Å². The molecule has 3 aromatic rings. The van der Waals surface area contributed by atoms with E-state index < -0.39 is 0 Å². The van der Waals surface area contributed by atoms with E-state index >= 15 is 0 Å². The summed E-state index contributed by atoms with van der Waals surface area (Å²) in [7, 11) is 3.39. The number of benzene rings is 1. The van der Waals surface area contributed by atoms with E-state index in [4.69, 9.17) is 9.47 Å². The Morgan fingerprint density at radius 2 is 1.88 bits per heavy atom. The highest BCUT2D eigenvalue weighted by atomic mass is 16.5. The highest BCUT2D eigenvalue weighted by Gasteiger charge is 2.21. The van der Waals surface area contributed by atoms with E-state index in [1.165, 1.54) is 0 Å². The van der Waals surface area contributed by atoms with Crippen LogP contribution < -0.4 is 14.4 Å². The van der Waals surface area contributed by atoms with Crippen molar-refractivity contribution in [1.82, 2.24) is 24.8 Å². The molecule has 1 fully saturated rings. The van der Waals surface area contributed by atoms with E-state index in [0.29, 0.717) is 5.65 Å². The molecule has 1 aliphatic heterocycles. The Morgan fingerprint density at radius 3 is 2.65 bits per heavy atom. The average Bonchev–Trinajstić information content (AvgIpc) is 3.17. The van der Waals surface area contributed by atoms with Crippen molar-refractivity contribution in [3.8, 4) is 11.5 Å². The molecule has 1 aromatic carbocycles. The quantitative estimate of drug-likeness (QED) is 0.747. The average molecular weight is 354 g/mol. The molecule has 0 spiro atoms. The summed E-state index contributed by atoms with van der Waals surface area (Å²) in [5.41, 5.74) is 2.74. The molecule has 0 aliphatic carbocycles. The third-order valence-electron chi connectivity index (χ3n) is 4.76. The lowest BCUT2D eigenvalue weighted by molar-refractivity contribution is 0.245. The van der Waals surface area contributed by atoms with Crippen molar-refractivity contribution in [2.75, 3.05) is 45.3 Å². The van der Waals surface area contributed by atoms with E-state index in [1.54, 1.807) is 26.9 Å². The fourth-order valence-corrected chi connectivity index (χ4v) is 3.36. The van der Waals surface area contributed by atoms with Gasteiger partial charge in [-0.05, 0) is 18.2 Å². The molecule has 2 aromatic heterocycles. The molecule has 0 unspecified atom stereocenters. The highest BCUT2D eigenvalue weighted by Crippen LogP contribution is 2.26. The summed E-state index contributed by atoms with van der Waals surface area (Å²) in [5.74, 6) is 2.66.